The van der Waals surface area contributed by atoms with Gasteiger partial charge in [-0.05, 0) is 64.8 Å². The number of sulfonamides is 1. The summed E-state index contributed by atoms with van der Waals surface area (Å²) in [5.74, 6) is -1.09. The third kappa shape index (κ3) is 5.93. The number of rotatable bonds is 5. The number of benzene rings is 1. The lowest BCUT2D eigenvalue weighted by Gasteiger charge is -2.32. The number of nitrogens with one attached hydrogen (secondary N) is 2. The molecule has 0 aromatic heterocycles. The molecule has 7 nitrogen and oxygen atoms in total. The first-order chi connectivity index (χ1) is 12.9. The van der Waals surface area contributed by atoms with Gasteiger partial charge in [0.2, 0.25) is 21.8 Å². The smallest absolute Gasteiger partial charge is 0.243 e. The number of hydrogen-bond acceptors (Lipinski definition) is 4. The molecule has 0 aliphatic carbocycles. The van der Waals surface area contributed by atoms with E-state index >= 15 is 0 Å². The number of halogens is 1. The normalized spacial score (nSPS) is 19.7. The van der Waals surface area contributed by atoms with E-state index in [-0.39, 0.29) is 23.3 Å². The zero-order valence-corrected chi connectivity index (χ0v) is 18.2. The van der Waals surface area contributed by atoms with E-state index in [1.807, 2.05) is 20.8 Å². The molecule has 2 amide bonds. The Labute approximate surface area is 171 Å². The molecule has 1 aromatic rings. The van der Waals surface area contributed by atoms with Crippen LogP contribution < -0.4 is 10.6 Å². The minimum Gasteiger partial charge on any atom is -0.350 e. The molecule has 156 valence electrons. The van der Waals surface area contributed by atoms with Gasteiger partial charge in [-0.15, -0.1) is 0 Å². The number of nitrogens with zero attached hydrogens (tertiary/aromatic N) is 1. The standard InChI is InChI=1S/C19H28ClN3O4S/c1-13(17(24)22-19(2,3)4)21-18(25)14-6-5-11-23(12-14)28(26,27)16-9-7-15(20)8-10-16/h7-10,13-14H,5-6,11-12H2,1-4H3,(H,21,25)(H,22,24). The van der Waals surface area contributed by atoms with Crippen LogP contribution in [0.4, 0.5) is 0 Å². The Hall–Kier alpha value is -1.64. The van der Waals surface area contributed by atoms with Crippen LogP contribution in [-0.4, -0.2) is 49.2 Å². The molecule has 1 aliphatic heterocycles. The predicted octanol–water partition coefficient (Wildman–Crippen LogP) is 2.16. The second kappa shape index (κ2) is 8.80. The van der Waals surface area contributed by atoms with E-state index < -0.39 is 27.5 Å². The summed E-state index contributed by atoms with van der Waals surface area (Å²) >= 11 is 5.83. The van der Waals surface area contributed by atoms with E-state index in [9.17, 15) is 18.0 Å². The van der Waals surface area contributed by atoms with Crippen molar-refractivity contribution in [2.75, 3.05) is 13.1 Å². The van der Waals surface area contributed by atoms with E-state index in [2.05, 4.69) is 10.6 Å². The Morgan fingerprint density at radius 3 is 2.39 bits per heavy atom. The van der Waals surface area contributed by atoms with Crippen molar-refractivity contribution in [1.82, 2.24) is 14.9 Å². The first-order valence-corrected chi connectivity index (χ1v) is 11.1. The van der Waals surface area contributed by atoms with Crippen molar-refractivity contribution in [2.45, 2.75) is 57.0 Å². The molecule has 1 aromatic carbocycles. The van der Waals surface area contributed by atoms with Crippen LogP contribution in [0.3, 0.4) is 0 Å². The Morgan fingerprint density at radius 2 is 1.82 bits per heavy atom. The van der Waals surface area contributed by atoms with Crippen molar-refractivity contribution >= 4 is 33.4 Å². The molecule has 1 fully saturated rings. The molecule has 0 spiro atoms. The van der Waals surface area contributed by atoms with Gasteiger partial charge in [-0.3, -0.25) is 9.59 Å². The van der Waals surface area contributed by atoms with Crippen LogP contribution in [0.5, 0.6) is 0 Å². The molecule has 2 atom stereocenters. The molecule has 0 radical (unpaired) electrons. The Balaban J connectivity index is 2.03. The van der Waals surface area contributed by atoms with Crippen molar-refractivity contribution in [3.05, 3.63) is 29.3 Å². The van der Waals surface area contributed by atoms with E-state index in [4.69, 9.17) is 11.6 Å². The summed E-state index contributed by atoms with van der Waals surface area (Å²) in [6, 6.07) is 5.27. The predicted molar refractivity (Wildman–Crippen MR) is 108 cm³/mol. The summed E-state index contributed by atoms with van der Waals surface area (Å²) in [5.41, 5.74) is -0.398. The maximum absolute atomic E-state index is 12.8. The molecule has 0 bridgehead atoms. The van der Waals surface area contributed by atoms with Gasteiger partial charge in [0.25, 0.3) is 0 Å². The summed E-state index contributed by atoms with van der Waals surface area (Å²) in [5, 5.41) is 5.97. The largest absolute Gasteiger partial charge is 0.350 e. The maximum Gasteiger partial charge on any atom is 0.243 e. The number of hydrogen-bond donors (Lipinski definition) is 2. The molecule has 0 saturated carbocycles. The van der Waals surface area contributed by atoms with Crippen molar-refractivity contribution in [3.8, 4) is 0 Å². The average molecular weight is 430 g/mol. The third-order valence-electron chi connectivity index (χ3n) is 4.46. The molecule has 2 N–H and O–H groups in total. The fourth-order valence-corrected chi connectivity index (χ4v) is 4.65. The first-order valence-electron chi connectivity index (χ1n) is 9.28. The molecule has 1 aliphatic rings. The molecular formula is C19H28ClN3O4S. The fourth-order valence-electron chi connectivity index (χ4n) is 3.01. The highest BCUT2D eigenvalue weighted by Crippen LogP contribution is 2.25. The lowest BCUT2D eigenvalue weighted by atomic mass is 9.98. The van der Waals surface area contributed by atoms with Crippen molar-refractivity contribution in [2.24, 2.45) is 5.92 Å². The van der Waals surface area contributed by atoms with E-state index in [1.165, 1.54) is 28.6 Å². The van der Waals surface area contributed by atoms with Gasteiger partial charge in [-0.25, -0.2) is 8.42 Å². The highest BCUT2D eigenvalue weighted by Gasteiger charge is 2.34. The summed E-state index contributed by atoms with van der Waals surface area (Å²) in [6.45, 7) is 7.64. The molecular weight excluding hydrogens is 402 g/mol. The topological polar surface area (TPSA) is 95.6 Å². The Morgan fingerprint density at radius 1 is 1.21 bits per heavy atom. The highest BCUT2D eigenvalue weighted by molar-refractivity contribution is 7.89. The van der Waals surface area contributed by atoms with Gasteiger partial charge in [-0.1, -0.05) is 11.6 Å². The van der Waals surface area contributed by atoms with Crippen LogP contribution in [0.25, 0.3) is 0 Å². The zero-order valence-electron chi connectivity index (χ0n) is 16.7. The van der Waals surface area contributed by atoms with Crippen LogP contribution >= 0.6 is 11.6 Å². The van der Waals surface area contributed by atoms with Crippen LogP contribution in [0.2, 0.25) is 5.02 Å². The molecule has 2 unspecified atom stereocenters. The molecule has 9 heteroatoms. The van der Waals surface area contributed by atoms with Gasteiger partial charge >= 0.3 is 0 Å². The minimum atomic E-state index is -3.70. The highest BCUT2D eigenvalue weighted by atomic mass is 35.5. The lowest BCUT2D eigenvalue weighted by Crippen LogP contribution is -2.53. The first kappa shape index (κ1) is 22.6. The quantitative estimate of drug-likeness (QED) is 0.749. The second-order valence-corrected chi connectivity index (χ2v) is 10.5. The molecule has 1 saturated heterocycles. The van der Waals surface area contributed by atoms with Gasteiger partial charge in [0, 0.05) is 23.7 Å². The van der Waals surface area contributed by atoms with Crippen LogP contribution in [0.15, 0.2) is 29.2 Å². The number of carbonyl (C=O) groups is 2. The maximum atomic E-state index is 12.8. The van der Waals surface area contributed by atoms with Gasteiger partial charge in [0.05, 0.1) is 10.8 Å². The monoisotopic (exact) mass is 429 g/mol. The zero-order chi connectivity index (χ0) is 21.1. The number of piperidine rings is 1. The molecule has 1 heterocycles. The van der Waals surface area contributed by atoms with Crippen molar-refractivity contribution in [3.63, 3.8) is 0 Å². The molecule has 28 heavy (non-hydrogen) atoms. The Bertz CT molecular complexity index is 819. The van der Waals surface area contributed by atoms with Gasteiger partial charge in [-0.2, -0.15) is 4.31 Å². The summed E-state index contributed by atoms with van der Waals surface area (Å²) in [6.07, 6.45) is 1.15. The third-order valence-corrected chi connectivity index (χ3v) is 6.59. The van der Waals surface area contributed by atoms with Crippen LogP contribution in [-0.2, 0) is 19.6 Å². The van der Waals surface area contributed by atoms with Crippen molar-refractivity contribution < 1.29 is 18.0 Å². The van der Waals surface area contributed by atoms with E-state index in [0.717, 1.165) is 0 Å². The van der Waals surface area contributed by atoms with Crippen LogP contribution in [0.1, 0.15) is 40.5 Å². The average Bonchev–Trinajstić information content (AvgIpc) is 2.60. The minimum absolute atomic E-state index is 0.0877. The lowest BCUT2D eigenvalue weighted by molar-refractivity contribution is -0.132. The van der Waals surface area contributed by atoms with Gasteiger partial charge in [0.15, 0.2) is 0 Å². The van der Waals surface area contributed by atoms with Gasteiger partial charge in [0.1, 0.15) is 6.04 Å². The van der Waals surface area contributed by atoms with Crippen LogP contribution in [0, 0.1) is 5.92 Å². The SMILES string of the molecule is CC(NC(=O)C1CCCN(S(=O)(=O)c2ccc(Cl)cc2)C1)C(=O)NC(C)(C)C. The number of amides is 2. The Kier molecular flexibility index (Phi) is 7.12. The van der Waals surface area contributed by atoms with Crippen molar-refractivity contribution in [1.29, 1.82) is 0 Å². The van der Waals surface area contributed by atoms with Gasteiger partial charge < -0.3 is 10.6 Å². The summed E-state index contributed by atoms with van der Waals surface area (Å²) < 4.78 is 27.0. The summed E-state index contributed by atoms with van der Waals surface area (Å²) in [7, 11) is -3.70. The fraction of sp³-hybridized carbons (Fsp3) is 0.579. The van der Waals surface area contributed by atoms with E-state index in [1.54, 1.807) is 6.92 Å². The van der Waals surface area contributed by atoms with E-state index in [0.29, 0.717) is 24.4 Å². The molecule has 2 rings (SSSR count). The number of carbonyl (C=O) groups excluding carboxylic acids is 2. The summed E-state index contributed by atoms with van der Waals surface area (Å²) in [4.78, 5) is 24.9. The second-order valence-electron chi connectivity index (χ2n) is 8.13.